The number of carbonyl (C=O) groups excluding carboxylic acids is 2. The van der Waals surface area contributed by atoms with Crippen molar-refractivity contribution < 1.29 is 27.5 Å². The summed E-state index contributed by atoms with van der Waals surface area (Å²) in [5.74, 6) is -1.24. The summed E-state index contributed by atoms with van der Waals surface area (Å²) in [5.41, 5.74) is 1.26. The number of nitrogens with one attached hydrogen (secondary N) is 1. The highest BCUT2D eigenvalue weighted by atomic mass is 19.4. The molecule has 1 aliphatic rings. The molecule has 1 saturated carbocycles. The highest BCUT2D eigenvalue weighted by molar-refractivity contribution is 6.03. The van der Waals surface area contributed by atoms with Crippen LogP contribution in [0.1, 0.15) is 57.9 Å². The standard InChI is InChI=1S/C26H20F3N7O3/c1-2-39-25(38)17-13-31-35-20(8-9-30-23(17)35)15-4-3-5-16(10-15)32-24(37)19-12-22-33-18(14-6-7-14)11-21(26(27,28)29)36(22)34-19/h3-5,8-14H,2,6-7H2,1H3,(H,32,37). The van der Waals surface area contributed by atoms with Crippen molar-refractivity contribution in [2.24, 2.45) is 0 Å². The van der Waals surface area contributed by atoms with Gasteiger partial charge >= 0.3 is 12.1 Å². The molecule has 1 fully saturated rings. The summed E-state index contributed by atoms with van der Waals surface area (Å²) < 4.78 is 48.3. The lowest BCUT2D eigenvalue weighted by Gasteiger charge is -2.10. The number of anilines is 1. The van der Waals surface area contributed by atoms with E-state index in [0.717, 1.165) is 18.9 Å². The molecule has 1 N–H and O–H groups in total. The molecular weight excluding hydrogens is 515 g/mol. The second kappa shape index (κ2) is 9.19. The fraction of sp³-hybridized carbons (Fsp3) is 0.231. The summed E-state index contributed by atoms with van der Waals surface area (Å²) in [6, 6.07) is 10.7. The number of alkyl halides is 3. The number of esters is 1. The van der Waals surface area contributed by atoms with Gasteiger partial charge in [0.25, 0.3) is 5.91 Å². The summed E-state index contributed by atoms with van der Waals surface area (Å²) in [7, 11) is 0. The van der Waals surface area contributed by atoms with Crippen molar-refractivity contribution in [2.45, 2.75) is 31.9 Å². The first kappa shape index (κ1) is 24.5. The minimum absolute atomic E-state index is 0.00572. The van der Waals surface area contributed by atoms with Gasteiger partial charge in [0.15, 0.2) is 17.0 Å². The topological polar surface area (TPSA) is 116 Å². The molecule has 0 atom stereocenters. The second-order valence-corrected chi connectivity index (χ2v) is 9.02. The summed E-state index contributed by atoms with van der Waals surface area (Å²) in [4.78, 5) is 33.8. The van der Waals surface area contributed by atoms with E-state index in [1.54, 1.807) is 37.3 Å². The van der Waals surface area contributed by atoms with Gasteiger partial charge in [0, 0.05) is 35.1 Å². The molecule has 0 aliphatic heterocycles. The smallest absolute Gasteiger partial charge is 0.433 e. The Balaban J connectivity index is 1.31. The van der Waals surface area contributed by atoms with E-state index in [1.807, 2.05) is 0 Å². The van der Waals surface area contributed by atoms with Gasteiger partial charge in [-0.25, -0.2) is 23.8 Å². The Morgan fingerprint density at radius 3 is 2.69 bits per heavy atom. The average molecular weight is 535 g/mol. The summed E-state index contributed by atoms with van der Waals surface area (Å²) in [5, 5.41) is 10.9. The fourth-order valence-electron chi connectivity index (χ4n) is 4.31. The minimum atomic E-state index is -4.66. The zero-order chi connectivity index (χ0) is 27.3. The van der Waals surface area contributed by atoms with E-state index >= 15 is 0 Å². The number of fused-ring (bicyclic) bond motifs is 2. The zero-order valence-electron chi connectivity index (χ0n) is 20.4. The molecule has 4 aromatic heterocycles. The van der Waals surface area contributed by atoms with Crippen molar-refractivity contribution in [1.29, 1.82) is 0 Å². The van der Waals surface area contributed by atoms with E-state index in [9.17, 15) is 22.8 Å². The van der Waals surface area contributed by atoms with Gasteiger partial charge in [0.2, 0.25) is 0 Å². The predicted molar refractivity (Wildman–Crippen MR) is 132 cm³/mol. The summed E-state index contributed by atoms with van der Waals surface area (Å²) >= 11 is 0. The normalized spacial score (nSPS) is 13.6. The van der Waals surface area contributed by atoms with Crippen LogP contribution in [0.4, 0.5) is 18.9 Å². The first-order chi connectivity index (χ1) is 18.7. The van der Waals surface area contributed by atoms with Crippen molar-refractivity contribution >= 4 is 28.9 Å². The van der Waals surface area contributed by atoms with Crippen LogP contribution in [0.3, 0.4) is 0 Å². The van der Waals surface area contributed by atoms with Gasteiger partial charge in [0.1, 0.15) is 11.3 Å². The molecule has 0 unspecified atom stereocenters. The third-order valence-corrected chi connectivity index (χ3v) is 6.28. The second-order valence-electron chi connectivity index (χ2n) is 9.02. The Hall–Kier alpha value is -4.81. The Morgan fingerprint density at radius 1 is 1.13 bits per heavy atom. The monoisotopic (exact) mass is 535 g/mol. The van der Waals surface area contributed by atoms with E-state index < -0.39 is 23.7 Å². The lowest BCUT2D eigenvalue weighted by Crippen LogP contribution is -2.16. The van der Waals surface area contributed by atoms with Gasteiger partial charge in [-0.2, -0.15) is 23.4 Å². The van der Waals surface area contributed by atoms with Crippen molar-refractivity contribution in [3.63, 3.8) is 0 Å². The maximum Gasteiger partial charge on any atom is 0.433 e. The van der Waals surface area contributed by atoms with Gasteiger partial charge in [0.05, 0.1) is 18.5 Å². The average Bonchev–Trinajstić information content (AvgIpc) is 3.51. The molecule has 0 bridgehead atoms. The largest absolute Gasteiger partial charge is 0.462 e. The van der Waals surface area contributed by atoms with Crippen LogP contribution >= 0.6 is 0 Å². The van der Waals surface area contributed by atoms with E-state index in [2.05, 4.69) is 25.5 Å². The van der Waals surface area contributed by atoms with Crippen LogP contribution < -0.4 is 5.32 Å². The molecular formula is C26H20F3N7O3. The number of amides is 1. The molecule has 198 valence electrons. The van der Waals surface area contributed by atoms with Crippen molar-refractivity contribution in [3.8, 4) is 11.3 Å². The SMILES string of the molecule is CCOC(=O)c1cnn2c(-c3cccc(NC(=O)c4cc5nc(C6CC6)cc(C(F)(F)F)n5n4)c3)ccnc12. The van der Waals surface area contributed by atoms with Gasteiger partial charge in [-0.1, -0.05) is 12.1 Å². The molecule has 13 heteroatoms. The molecule has 0 radical (unpaired) electrons. The van der Waals surface area contributed by atoms with Crippen LogP contribution in [-0.4, -0.2) is 47.7 Å². The van der Waals surface area contributed by atoms with Crippen LogP contribution in [0.25, 0.3) is 22.6 Å². The Kier molecular flexibility index (Phi) is 5.78. The molecule has 39 heavy (non-hydrogen) atoms. The predicted octanol–water partition coefficient (Wildman–Crippen LogP) is 4.76. The first-order valence-electron chi connectivity index (χ1n) is 12.1. The highest BCUT2D eigenvalue weighted by Gasteiger charge is 2.37. The molecule has 0 spiro atoms. The quantitative estimate of drug-likeness (QED) is 0.312. The van der Waals surface area contributed by atoms with Gasteiger partial charge < -0.3 is 10.1 Å². The molecule has 10 nitrogen and oxygen atoms in total. The van der Waals surface area contributed by atoms with Crippen molar-refractivity contribution in [3.05, 3.63) is 77.5 Å². The number of ether oxygens (including phenoxy) is 1. The summed E-state index contributed by atoms with van der Waals surface area (Å²) in [6.45, 7) is 1.91. The zero-order valence-corrected chi connectivity index (χ0v) is 20.4. The highest BCUT2D eigenvalue weighted by Crippen LogP contribution is 2.41. The number of halogens is 3. The van der Waals surface area contributed by atoms with Gasteiger partial charge in [-0.15, -0.1) is 0 Å². The van der Waals surface area contributed by atoms with Gasteiger partial charge in [-0.3, -0.25) is 4.79 Å². The molecule has 1 amide bonds. The molecule has 0 saturated heterocycles. The van der Waals surface area contributed by atoms with E-state index in [0.29, 0.717) is 32.8 Å². The lowest BCUT2D eigenvalue weighted by molar-refractivity contribution is -0.142. The van der Waals surface area contributed by atoms with Crippen LogP contribution in [0.15, 0.2) is 54.9 Å². The van der Waals surface area contributed by atoms with Crippen molar-refractivity contribution in [2.75, 3.05) is 11.9 Å². The molecule has 1 aliphatic carbocycles. The maximum atomic E-state index is 13.7. The van der Waals surface area contributed by atoms with Crippen LogP contribution in [0.2, 0.25) is 0 Å². The molecule has 6 rings (SSSR count). The van der Waals surface area contributed by atoms with E-state index in [4.69, 9.17) is 4.74 Å². The third-order valence-electron chi connectivity index (χ3n) is 6.28. The lowest BCUT2D eigenvalue weighted by atomic mass is 10.1. The molecule has 5 aromatic rings. The third kappa shape index (κ3) is 4.56. The molecule has 4 heterocycles. The number of carbonyl (C=O) groups is 2. The van der Waals surface area contributed by atoms with Crippen LogP contribution in [-0.2, 0) is 10.9 Å². The van der Waals surface area contributed by atoms with E-state index in [-0.39, 0.29) is 29.4 Å². The number of aromatic nitrogens is 6. The minimum Gasteiger partial charge on any atom is -0.462 e. The van der Waals surface area contributed by atoms with Crippen LogP contribution in [0, 0.1) is 0 Å². The Labute approximate surface area is 218 Å². The number of benzene rings is 1. The fourth-order valence-corrected chi connectivity index (χ4v) is 4.31. The first-order valence-corrected chi connectivity index (χ1v) is 12.1. The number of nitrogens with zero attached hydrogens (tertiary/aromatic N) is 6. The van der Waals surface area contributed by atoms with E-state index in [1.165, 1.54) is 23.0 Å². The van der Waals surface area contributed by atoms with Crippen molar-refractivity contribution in [1.82, 2.24) is 29.2 Å². The van der Waals surface area contributed by atoms with Gasteiger partial charge in [-0.05, 0) is 44.0 Å². The number of rotatable bonds is 6. The number of hydrogen-bond donors (Lipinski definition) is 1. The Bertz CT molecular complexity index is 1760. The Morgan fingerprint density at radius 2 is 1.95 bits per heavy atom. The number of hydrogen-bond acceptors (Lipinski definition) is 7. The molecule has 1 aromatic carbocycles. The van der Waals surface area contributed by atoms with Crippen LogP contribution in [0.5, 0.6) is 0 Å². The summed E-state index contributed by atoms with van der Waals surface area (Å²) in [6.07, 6.45) is -0.196. The maximum absolute atomic E-state index is 13.7.